The summed E-state index contributed by atoms with van der Waals surface area (Å²) in [6.07, 6.45) is 3.31. The van der Waals surface area contributed by atoms with Gasteiger partial charge < -0.3 is 40.1 Å². The fourth-order valence-electron chi connectivity index (χ4n) is 3.48. The van der Waals surface area contributed by atoms with Crippen LogP contribution in [-0.4, -0.2) is 54.8 Å². The van der Waals surface area contributed by atoms with Crippen molar-refractivity contribution in [1.29, 1.82) is 0 Å². The van der Waals surface area contributed by atoms with E-state index in [1.807, 2.05) is 0 Å². The number of hydrogen-bond donors (Lipinski definition) is 6. The maximum atomic E-state index is 12.7. The maximum Gasteiger partial charge on any atom is 0.348 e. The smallest absolute Gasteiger partial charge is 0.348 e. The van der Waals surface area contributed by atoms with Crippen LogP contribution in [0.15, 0.2) is 54.6 Å². The zero-order chi connectivity index (χ0) is 28.7. The molecule has 6 N–H and O–H groups in total. The monoisotopic (exact) mass is 536 g/mol. The number of benzene rings is 3. The normalized spacial score (nSPS) is 12.2. The van der Waals surface area contributed by atoms with Crippen LogP contribution in [0.4, 0.5) is 0 Å². The molecule has 204 valence electrons. The van der Waals surface area contributed by atoms with Crippen LogP contribution in [0.3, 0.4) is 0 Å². The Morgan fingerprint density at radius 1 is 0.744 bits per heavy atom. The summed E-state index contributed by atoms with van der Waals surface area (Å²) in [6.45, 7) is 3.27. The van der Waals surface area contributed by atoms with Gasteiger partial charge in [0, 0.05) is 18.1 Å². The topological polar surface area (TPSA) is 174 Å². The summed E-state index contributed by atoms with van der Waals surface area (Å²) in [5.74, 6) is -3.96. The van der Waals surface area contributed by atoms with Crippen LogP contribution in [0.5, 0.6) is 34.5 Å². The number of aromatic hydroxyl groups is 6. The van der Waals surface area contributed by atoms with Crippen LogP contribution in [-0.2, 0) is 25.5 Å². The minimum absolute atomic E-state index is 0.133. The van der Waals surface area contributed by atoms with Crippen LogP contribution < -0.4 is 0 Å². The maximum absolute atomic E-state index is 12.7. The third-order valence-electron chi connectivity index (χ3n) is 5.40. The number of rotatable bonds is 9. The summed E-state index contributed by atoms with van der Waals surface area (Å²) >= 11 is 0. The Kier molecular flexibility index (Phi) is 9.06. The van der Waals surface area contributed by atoms with Gasteiger partial charge in [-0.1, -0.05) is 24.3 Å². The third kappa shape index (κ3) is 7.68. The summed E-state index contributed by atoms with van der Waals surface area (Å²) in [5.41, 5.74) is 1.34. The lowest BCUT2D eigenvalue weighted by atomic mass is 10.0. The molecule has 10 nitrogen and oxygen atoms in total. The molecule has 0 fully saturated rings. The Bertz CT molecular complexity index is 1420. The van der Waals surface area contributed by atoms with E-state index in [4.69, 9.17) is 9.47 Å². The van der Waals surface area contributed by atoms with Gasteiger partial charge in [-0.25, -0.2) is 9.59 Å². The highest BCUT2D eigenvalue weighted by atomic mass is 16.6. The standard InChI is InChI=1S/C29H28O10/c1-16(2)38-29(37)26(15-18-5-10-22(31)25(34)14-18)39-27(35)12-7-19-6-11-23(32)28(36)20(19)8-3-17-4-9-21(30)24(33)13-17/h3-14,16,26,30-34,36H,15H2,1-2H3/b8-3+,12-7+/t26-/m1/s1. The van der Waals surface area contributed by atoms with Gasteiger partial charge in [0.2, 0.25) is 6.10 Å². The van der Waals surface area contributed by atoms with Gasteiger partial charge in [0.05, 0.1) is 6.10 Å². The van der Waals surface area contributed by atoms with E-state index in [0.717, 1.165) is 6.08 Å². The van der Waals surface area contributed by atoms with Gasteiger partial charge in [-0.15, -0.1) is 0 Å². The molecule has 0 aliphatic carbocycles. The predicted octanol–water partition coefficient (Wildman–Crippen LogP) is 4.21. The van der Waals surface area contributed by atoms with Gasteiger partial charge in [-0.2, -0.15) is 0 Å². The predicted molar refractivity (Wildman–Crippen MR) is 142 cm³/mol. The van der Waals surface area contributed by atoms with E-state index >= 15 is 0 Å². The zero-order valence-corrected chi connectivity index (χ0v) is 21.1. The van der Waals surface area contributed by atoms with Crippen molar-refractivity contribution >= 4 is 30.2 Å². The second kappa shape index (κ2) is 12.4. The van der Waals surface area contributed by atoms with E-state index in [0.29, 0.717) is 16.7 Å². The van der Waals surface area contributed by atoms with Crippen molar-refractivity contribution in [2.24, 2.45) is 0 Å². The molecular weight excluding hydrogens is 508 g/mol. The lowest BCUT2D eigenvalue weighted by Gasteiger charge is -2.18. The van der Waals surface area contributed by atoms with Crippen molar-refractivity contribution in [1.82, 2.24) is 0 Å². The molecule has 0 amide bonds. The van der Waals surface area contributed by atoms with Gasteiger partial charge in [0.15, 0.2) is 34.5 Å². The van der Waals surface area contributed by atoms with Crippen LogP contribution in [0, 0.1) is 0 Å². The molecule has 0 heterocycles. The summed E-state index contributed by atoms with van der Waals surface area (Å²) in [7, 11) is 0. The first kappa shape index (κ1) is 28.5. The highest BCUT2D eigenvalue weighted by Crippen LogP contribution is 2.34. The Labute approximate surface area is 223 Å². The first-order chi connectivity index (χ1) is 18.4. The largest absolute Gasteiger partial charge is 0.504 e. The number of carbonyl (C=O) groups excluding carboxylic acids is 2. The molecule has 3 aromatic carbocycles. The fraction of sp³-hybridized carbons (Fsp3) is 0.172. The highest BCUT2D eigenvalue weighted by Gasteiger charge is 2.25. The van der Waals surface area contributed by atoms with Gasteiger partial charge in [-0.05, 0) is 73.0 Å². The zero-order valence-electron chi connectivity index (χ0n) is 21.1. The van der Waals surface area contributed by atoms with Crippen molar-refractivity contribution in [2.75, 3.05) is 0 Å². The van der Waals surface area contributed by atoms with Crippen LogP contribution in [0.25, 0.3) is 18.2 Å². The molecule has 39 heavy (non-hydrogen) atoms. The van der Waals surface area contributed by atoms with E-state index < -0.39 is 41.4 Å². The second-order valence-corrected chi connectivity index (χ2v) is 8.79. The quantitative estimate of drug-likeness (QED) is 0.101. The summed E-state index contributed by atoms with van der Waals surface area (Å²) in [5, 5.41) is 58.8. The van der Waals surface area contributed by atoms with Gasteiger partial charge >= 0.3 is 11.9 Å². The number of hydrogen-bond acceptors (Lipinski definition) is 10. The molecule has 0 spiro atoms. The average molecular weight is 537 g/mol. The van der Waals surface area contributed by atoms with Crippen LogP contribution >= 0.6 is 0 Å². The molecule has 3 aromatic rings. The minimum Gasteiger partial charge on any atom is -0.504 e. The minimum atomic E-state index is -1.36. The van der Waals surface area contributed by atoms with E-state index in [2.05, 4.69) is 0 Å². The Balaban J connectivity index is 1.83. The molecule has 0 saturated heterocycles. The molecule has 0 aliphatic heterocycles. The average Bonchev–Trinajstić information content (AvgIpc) is 2.87. The van der Waals surface area contributed by atoms with Crippen LogP contribution in [0.2, 0.25) is 0 Å². The van der Waals surface area contributed by atoms with Crippen molar-refractivity contribution in [3.8, 4) is 34.5 Å². The lowest BCUT2D eigenvalue weighted by molar-refractivity contribution is -0.167. The van der Waals surface area contributed by atoms with E-state index in [1.54, 1.807) is 13.8 Å². The van der Waals surface area contributed by atoms with Gasteiger partial charge in [0.1, 0.15) is 0 Å². The van der Waals surface area contributed by atoms with Gasteiger partial charge in [-0.3, -0.25) is 0 Å². The lowest BCUT2D eigenvalue weighted by Crippen LogP contribution is -2.32. The van der Waals surface area contributed by atoms with Crippen LogP contribution in [0.1, 0.15) is 36.1 Å². The van der Waals surface area contributed by atoms with Gasteiger partial charge in [0.25, 0.3) is 0 Å². The molecule has 1 atom stereocenters. The number of phenols is 6. The second-order valence-electron chi connectivity index (χ2n) is 8.79. The summed E-state index contributed by atoms with van der Waals surface area (Å²) in [4.78, 5) is 25.2. The third-order valence-corrected chi connectivity index (χ3v) is 5.40. The number of phenolic OH excluding ortho intramolecular Hbond substituents is 6. The Morgan fingerprint density at radius 3 is 2.03 bits per heavy atom. The molecular formula is C29H28O10. The molecule has 0 aliphatic rings. The van der Waals surface area contributed by atoms with E-state index in [9.17, 15) is 40.2 Å². The molecule has 0 radical (unpaired) electrons. The molecule has 0 saturated carbocycles. The number of carbonyl (C=O) groups is 2. The van der Waals surface area contributed by atoms with Crippen molar-refractivity contribution in [3.63, 3.8) is 0 Å². The van der Waals surface area contributed by atoms with E-state index in [1.165, 1.54) is 66.8 Å². The summed E-state index contributed by atoms with van der Waals surface area (Å²) in [6, 6.07) is 10.7. The molecule has 3 rings (SSSR count). The SMILES string of the molecule is CC(C)OC(=O)[C@@H](Cc1ccc(O)c(O)c1)OC(=O)/C=C/c1ccc(O)c(O)c1/C=C/c1ccc(O)c(O)c1. The summed E-state index contributed by atoms with van der Waals surface area (Å²) < 4.78 is 10.5. The first-order valence-corrected chi connectivity index (χ1v) is 11.8. The van der Waals surface area contributed by atoms with E-state index in [-0.39, 0.29) is 29.2 Å². The molecule has 10 heteroatoms. The Hall–Kier alpha value is -5.12. The van der Waals surface area contributed by atoms with Crippen molar-refractivity contribution in [2.45, 2.75) is 32.5 Å². The van der Waals surface area contributed by atoms with Crippen molar-refractivity contribution < 1.29 is 49.7 Å². The highest BCUT2D eigenvalue weighted by molar-refractivity contribution is 5.91. The molecule has 0 unspecified atom stereocenters. The molecule has 0 aromatic heterocycles. The number of esters is 2. The fourth-order valence-corrected chi connectivity index (χ4v) is 3.48. The Morgan fingerprint density at radius 2 is 1.38 bits per heavy atom. The number of ether oxygens (including phenoxy) is 2. The first-order valence-electron chi connectivity index (χ1n) is 11.8. The van der Waals surface area contributed by atoms with Crippen molar-refractivity contribution in [3.05, 3.63) is 76.9 Å². The molecule has 0 bridgehead atoms.